The second-order valence-electron chi connectivity index (χ2n) is 8.60. The summed E-state index contributed by atoms with van der Waals surface area (Å²) in [6.07, 6.45) is -2.03. The lowest BCUT2D eigenvalue weighted by molar-refractivity contribution is -0.139. The molecule has 202 valence electrons. The van der Waals surface area contributed by atoms with Gasteiger partial charge in [0.05, 0.1) is 24.2 Å². The smallest absolute Gasteiger partial charge is 0.416 e. The minimum atomic E-state index is -4.56. The SMILES string of the molecule is O=C(O)CC(O)CC(O)C=Cc1cn(-c2ccnc(Nc3ccccc3)n2)nc1-c1cccc(C(F)(F)F)c1. The molecule has 0 radical (unpaired) electrons. The maximum absolute atomic E-state index is 13.4. The number of benzene rings is 2. The van der Waals surface area contributed by atoms with Crippen molar-refractivity contribution in [2.45, 2.75) is 31.2 Å². The van der Waals surface area contributed by atoms with E-state index in [0.717, 1.165) is 17.8 Å². The first-order chi connectivity index (χ1) is 18.6. The number of aliphatic hydroxyl groups excluding tert-OH is 2. The van der Waals surface area contributed by atoms with Crippen LogP contribution in [-0.2, 0) is 11.0 Å². The highest BCUT2D eigenvalue weighted by Gasteiger charge is 2.31. The van der Waals surface area contributed by atoms with E-state index in [2.05, 4.69) is 20.4 Å². The van der Waals surface area contributed by atoms with Crippen molar-refractivity contribution in [1.82, 2.24) is 19.7 Å². The van der Waals surface area contributed by atoms with E-state index in [-0.39, 0.29) is 23.6 Å². The van der Waals surface area contributed by atoms with Gasteiger partial charge in [-0.2, -0.15) is 23.3 Å². The summed E-state index contributed by atoms with van der Waals surface area (Å²) in [5, 5.41) is 36.4. The molecule has 0 bridgehead atoms. The predicted octanol–water partition coefficient (Wildman–Crippen LogP) is 4.69. The van der Waals surface area contributed by atoms with Crippen LogP contribution in [0.5, 0.6) is 0 Å². The Kier molecular flexibility index (Phi) is 8.37. The summed E-state index contributed by atoms with van der Waals surface area (Å²) in [6.45, 7) is 0. The van der Waals surface area contributed by atoms with Crippen LogP contribution in [0.1, 0.15) is 24.0 Å². The Balaban J connectivity index is 1.69. The Labute approximate surface area is 220 Å². The van der Waals surface area contributed by atoms with Crippen molar-refractivity contribution in [3.63, 3.8) is 0 Å². The second kappa shape index (κ2) is 11.9. The van der Waals surface area contributed by atoms with Crippen molar-refractivity contribution in [2.24, 2.45) is 0 Å². The topological polar surface area (TPSA) is 133 Å². The van der Waals surface area contributed by atoms with Crippen LogP contribution in [0.25, 0.3) is 23.2 Å². The van der Waals surface area contributed by atoms with Gasteiger partial charge < -0.3 is 20.6 Å². The minimum absolute atomic E-state index is 0.181. The number of anilines is 2. The average Bonchev–Trinajstić information content (AvgIpc) is 3.32. The summed E-state index contributed by atoms with van der Waals surface area (Å²) >= 11 is 0. The molecule has 2 heterocycles. The van der Waals surface area contributed by atoms with Crippen molar-refractivity contribution in [3.05, 3.63) is 90.3 Å². The van der Waals surface area contributed by atoms with Gasteiger partial charge in [-0.05, 0) is 24.3 Å². The highest BCUT2D eigenvalue weighted by molar-refractivity contribution is 5.72. The number of para-hydroxylation sites is 1. The third kappa shape index (κ3) is 7.49. The lowest BCUT2D eigenvalue weighted by atomic mass is 10.0. The summed E-state index contributed by atoms with van der Waals surface area (Å²) in [6, 6.07) is 15.5. The zero-order valence-corrected chi connectivity index (χ0v) is 20.3. The van der Waals surface area contributed by atoms with Gasteiger partial charge in [0.15, 0.2) is 5.82 Å². The van der Waals surface area contributed by atoms with E-state index in [1.807, 2.05) is 30.3 Å². The van der Waals surface area contributed by atoms with Gasteiger partial charge in [0, 0.05) is 41.7 Å². The Morgan fingerprint density at radius 3 is 2.56 bits per heavy atom. The van der Waals surface area contributed by atoms with Crippen LogP contribution in [0.15, 0.2) is 79.1 Å². The number of carboxylic acid groups (broad SMARTS) is 1. The van der Waals surface area contributed by atoms with E-state index in [1.165, 1.54) is 41.4 Å². The van der Waals surface area contributed by atoms with Crippen molar-refractivity contribution < 1.29 is 33.3 Å². The van der Waals surface area contributed by atoms with Crippen LogP contribution in [0.4, 0.5) is 24.8 Å². The third-order valence-electron chi connectivity index (χ3n) is 5.53. The van der Waals surface area contributed by atoms with Gasteiger partial charge >= 0.3 is 12.1 Å². The van der Waals surface area contributed by atoms with Crippen LogP contribution < -0.4 is 5.32 Å². The number of carbonyl (C=O) groups is 1. The number of aliphatic hydroxyl groups is 2. The van der Waals surface area contributed by atoms with E-state index in [1.54, 1.807) is 6.07 Å². The minimum Gasteiger partial charge on any atom is -0.481 e. The Morgan fingerprint density at radius 1 is 1.08 bits per heavy atom. The largest absolute Gasteiger partial charge is 0.481 e. The maximum atomic E-state index is 13.4. The van der Waals surface area contributed by atoms with Gasteiger partial charge in [-0.25, -0.2) is 9.67 Å². The highest BCUT2D eigenvalue weighted by Crippen LogP contribution is 2.33. The molecular formula is C27H24F3N5O4. The molecule has 4 aromatic rings. The highest BCUT2D eigenvalue weighted by atomic mass is 19.4. The maximum Gasteiger partial charge on any atom is 0.416 e. The molecular weight excluding hydrogens is 515 g/mol. The van der Waals surface area contributed by atoms with Gasteiger partial charge in [-0.3, -0.25) is 4.79 Å². The summed E-state index contributed by atoms with van der Waals surface area (Å²) in [5.74, 6) is -0.610. The van der Waals surface area contributed by atoms with Crippen molar-refractivity contribution in [3.8, 4) is 17.1 Å². The van der Waals surface area contributed by atoms with Crippen LogP contribution in [0.3, 0.4) is 0 Å². The molecule has 0 amide bonds. The Hall–Kier alpha value is -4.55. The molecule has 12 heteroatoms. The van der Waals surface area contributed by atoms with Crippen molar-refractivity contribution in [2.75, 3.05) is 5.32 Å². The molecule has 0 aliphatic rings. The van der Waals surface area contributed by atoms with E-state index >= 15 is 0 Å². The summed E-state index contributed by atoms with van der Waals surface area (Å²) in [4.78, 5) is 19.4. The van der Waals surface area contributed by atoms with E-state index in [0.29, 0.717) is 11.4 Å². The monoisotopic (exact) mass is 539 g/mol. The number of hydrogen-bond acceptors (Lipinski definition) is 7. The number of hydrogen-bond donors (Lipinski definition) is 4. The van der Waals surface area contributed by atoms with Gasteiger partial charge in [0.2, 0.25) is 5.95 Å². The molecule has 0 fully saturated rings. The molecule has 39 heavy (non-hydrogen) atoms. The zero-order valence-electron chi connectivity index (χ0n) is 20.3. The molecule has 2 unspecified atom stereocenters. The molecule has 9 nitrogen and oxygen atoms in total. The molecule has 0 aliphatic heterocycles. The number of halogens is 3. The van der Waals surface area contributed by atoms with Gasteiger partial charge in [-0.1, -0.05) is 42.5 Å². The molecule has 0 saturated carbocycles. The fourth-order valence-electron chi connectivity index (χ4n) is 3.74. The number of alkyl halides is 3. The molecule has 2 aromatic heterocycles. The summed E-state index contributed by atoms with van der Waals surface area (Å²) in [5.41, 5.74) is 0.629. The predicted molar refractivity (Wildman–Crippen MR) is 137 cm³/mol. The van der Waals surface area contributed by atoms with Gasteiger partial charge in [0.1, 0.15) is 5.69 Å². The number of aliphatic carboxylic acids is 1. The molecule has 0 spiro atoms. The third-order valence-corrected chi connectivity index (χ3v) is 5.53. The van der Waals surface area contributed by atoms with Crippen LogP contribution in [-0.4, -0.2) is 53.2 Å². The Bertz CT molecular complexity index is 1460. The molecule has 4 N–H and O–H groups in total. The number of carboxylic acids is 1. The number of aromatic nitrogens is 4. The molecule has 2 aromatic carbocycles. The van der Waals surface area contributed by atoms with Crippen molar-refractivity contribution >= 4 is 23.7 Å². The molecule has 0 aliphatic carbocycles. The van der Waals surface area contributed by atoms with Crippen LogP contribution in [0.2, 0.25) is 0 Å². The van der Waals surface area contributed by atoms with Crippen LogP contribution in [0, 0.1) is 0 Å². The summed E-state index contributed by atoms with van der Waals surface area (Å²) < 4.78 is 41.5. The first kappa shape index (κ1) is 27.5. The normalized spacial score (nSPS) is 13.4. The van der Waals surface area contributed by atoms with Gasteiger partial charge in [-0.15, -0.1) is 0 Å². The zero-order chi connectivity index (χ0) is 28.0. The molecule has 2 atom stereocenters. The molecule has 0 saturated heterocycles. The lowest BCUT2D eigenvalue weighted by Crippen LogP contribution is -2.19. The number of nitrogens with zero attached hydrogens (tertiary/aromatic N) is 4. The lowest BCUT2D eigenvalue weighted by Gasteiger charge is -2.10. The van der Waals surface area contributed by atoms with E-state index in [9.17, 15) is 28.2 Å². The molecule has 4 rings (SSSR count). The van der Waals surface area contributed by atoms with Crippen LogP contribution >= 0.6 is 0 Å². The number of nitrogens with one attached hydrogen (secondary N) is 1. The van der Waals surface area contributed by atoms with Gasteiger partial charge in [0.25, 0.3) is 0 Å². The Morgan fingerprint density at radius 2 is 1.85 bits per heavy atom. The van der Waals surface area contributed by atoms with Crippen molar-refractivity contribution in [1.29, 1.82) is 0 Å². The van der Waals surface area contributed by atoms with E-state index < -0.39 is 36.3 Å². The fourth-order valence-corrected chi connectivity index (χ4v) is 3.74. The summed E-state index contributed by atoms with van der Waals surface area (Å²) in [7, 11) is 0. The fraction of sp³-hybridized carbons (Fsp3) is 0.185. The number of rotatable bonds is 10. The quantitative estimate of drug-likeness (QED) is 0.228. The first-order valence-corrected chi connectivity index (χ1v) is 11.8. The van der Waals surface area contributed by atoms with E-state index in [4.69, 9.17) is 5.11 Å². The second-order valence-corrected chi connectivity index (χ2v) is 8.60. The first-order valence-electron chi connectivity index (χ1n) is 11.8. The average molecular weight is 540 g/mol. The standard InChI is InChI=1S/C27H24F3N5O4/c28-27(29,30)19-6-4-5-17(13-19)25-18(9-10-21(36)14-22(37)15-24(38)39)16-35(34-25)23-11-12-31-26(33-23)32-20-7-2-1-3-8-20/h1-13,16,21-22,36-37H,14-15H2,(H,38,39)(H,31,32,33).